The topological polar surface area (TPSA) is 101 Å². The molecule has 0 atom stereocenters. The van der Waals surface area contributed by atoms with Crippen molar-refractivity contribution in [2.75, 3.05) is 29.0 Å². The van der Waals surface area contributed by atoms with Gasteiger partial charge in [-0.15, -0.1) is 0 Å². The van der Waals surface area contributed by atoms with Crippen LogP contribution in [-0.2, 0) is 0 Å². The number of para-hydroxylation sites is 1. The van der Waals surface area contributed by atoms with Crippen molar-refractivity contribution in [1.82, 2.24) is 9.88 Å². The zero-order chi connectivity index (χ0) is 20.2. The first-order valence-electron chi connectivity index (χ1n) is 9.05. The number of pyridine rings is 1. The van der Waals surface area contributed by atoms with Crippen LogP contribution in [0.2, 0.25) is 0 Å². The number of urea groups is 2. The van der Waals surface area contributed by atoms with Crippen LogP contribution >= 0.6 is 0 Å². The lowest BCUT2D eigenvalue weighted by atomic mass is 10.3. The molecular weight excluding hydrogens is 370 g/mol. The fourth-order valence-electron chi connectivity index (χ4n) is 3.00. The molecule has 0 spiro atoms. The average molecular weight is 389 g/mol. The molecule has 1 fully saturated rings. The van der Waals surface area contributed by atoms with Crippen LogP contribution in [0.5, 0.6) is 11.5 Å². The molecule has 0 unspecified atom stereocenters. The minimum atomic E-state index is -0.469. The normalized spacial score (nSPS) is 13.4. The van der Waals surface area contributed by atoms with Gasteiger partial charge >= 0.3 is 12.1 Å². The first-order valence-corrected chi connectivity index (χ1v) is 9.05. The lowest BCUT2D eigenvalue weighted by Crippen LogP contribution is -2.39. The molecule has 3 N–H and O–H groups in total. The van der Waals surface area contributed by atoms with Crippen LogP contribution in [0.25, 0.3) is 0 Å². The summed E-state index contributed by atoms with van der Waals surface area (Å²) in [4.78, 5) is 31.8. The van der Waals surface area contributed by atoms with Gasteiger partial charge in [0.25, 0.3) is 0 Å². The second kappa shape index (κ2) is 7.89. The molecule has 1 saturated heterocycles. The summed E-state index contributed by atoms with van der Waals surface area (Å²) < 4.78 is 5.70. The Bertz CT molecular complexity index is 1020. The van der Waals surface area contributed by atoms with Crippen LogP contribution in [0.4, 0.5) is 26.8 Å². The highest BCUT2D eigenvalue weighted by molar-refractivity contribution is 6.08. The van der Waals surface area contributed by atoms with Gasteiger partial charge in [-0.2, -0.15) is 0 Å². The number of nitrogens with two attached hydrogens (primary N) is 1. The van der Waals surface area contributed by atoms with Crippen molar-refractivity contribution in [3.8, 4) is 11.5 Å². The smallest absolute Gasteiger partial charge is 0.332 e. The van der Waals surface area contributed by atoms with Gasteiger partial charge in [0, 0.05) is 30.2 Å². The Balaban J connectivity index is 1.38. The molecule has 8 heteroatoms. The molecule has 4 rings (SSSR count). The van der Waals surface area contributed by atoms with E-state index in [1.807, 2.05) is 30.3 Å². The van der Waals surface area contributed by atoms with Gasteiger partial charge in [-0.1, -0.05) is 18.2 Å². The van der Waals surface area contributed by atoms with Gasteiger partial charge in [-0.05, 0) is 42.5 Å². The van der Waals surface area contributed by atoms with Crippen LogP contribution in [-0.4, -0.2) is 35.0 Å². The number of ether oxygens (including phenoxy) is 1. The number of rotatable bonds is 4. The third-order valence-electron chi connectivity index (χ3n) is 4.42. The van der Waals surface area contributed by atoms with Crippen molar-refractivity contribution in [2.24, 2.45) is 0 Å². The molecule has 0 aliphatic carbocycles. The number of amides is 4. The number of imide groups is 1. The Morgan fingerprint density at radius 2 is 1.76 bits per heavy atom. The highest BCUT2D eigenvalue weighted by Gasteiger charge is 2.33. The second-order valence-corrected chi connectivity index (χ2v) is 6.39. The number of nitrogens with zero attached hydrogens (tertiary/aromatic N) is 3. The van der Waals surface area contributed by atoms with Crippen LogP contribution < -0.4 is 20.7 Å². The number of carbonyl (C=O) groups is 2. The molecule has 1 aromatic heterocycles. The maximum absolute atomic E-state index is 12.6. The minimum Gasteiger partial charge on any atom is -0.457 e. The number of aromatic nitrogens is 1. The number of carbonyl (C=O) groups excluding carboxylic acids is 2. The standard InChI is InChI=1S/C21H19N5O3/c22-19-14-18(10-11-23-19)29-17-8-6-15(7-9-17)24-20(27)26-13-12-25(21(26)28)16-4-2-1-3-5-16/h1-11,14H,12-13H2,(H2,22,23)(H,24,27). The van der Waals surface area contributed by atoms with E-state index in [-0.39, 0.29) is 6.03 Å². The summed E-state index contributed by atoms with van der Waals surface area (Å²) in [5, 5.41) is 2.74. The molecule has 4 amide bonds. The largest absolute Gasteiger partial charge is 0.457 e. The van der Waals surface area contributed by atoms with E-state index in [0.717, 1.165) is 5.69 Å². The van der Waals surface area contributed by atoms with Gasteiger partial charge in [0.05, 0.1) is 6.54 Å². The summed E-state index contributed by atoms with van der Waals surface area (Å²) in [5.41, 5.74) is 6.96. The summed E-state index contributed by atoms with van der Waals surface area (Å²) in [6.07, 6.45) is 1.56. The Morgan fingerprint density at radius 1 is 1.00 bits per heavy atom. The molecular formula is C21H19N5O3. The van der Waals surface area contributed by atoms with Gasteiger partial charge in [0.15, 0.2) is 0 Å². The predicted molar refractivity (Wildman–Crippen MR) is 110 cm³/mol. The van der Waals surface area contributed by atoms with E-state index in [1.54, 1.807) is 47.5 Å². The molecule has 0 saturated carbocycles. The Morgan fingerprint density at radius 3 is 2.48 bits per heavy atom. The Hall–Kier alpha value is -4.07. The van der Waals surface area contributed by atoms with Crippen molar-refractivity contribution < 1.29 is 14.3 Å². The van der Waals surface area contributed by atoms with E-state index in [2.05, 4.69) is 10.3 Å². The average Bonchev–Trinajstić information content (AvgIpc) is 3.12. The summed E-state index contributed by atoms with van der Waals surface area (Å²) in [7, 11) is 0. The first kappa shape index (κ1) is 18.3. The molecule has 29 heavy (non-hydrogen) atoms. The number of hydrogen-bond donors (Lipinski definition) is 2. The molecule has 1 aliphatic heterocycles. The SMILES string of the molecule is Nc1cc(Oc2ccc(NC(=O)N3CCN(c4ccccc4)C3=O)cc2)ccn1. The van der Waals surface area contributed by atoms with Crippen LogP contribution in [0, 0.1) is 0 Å². The zero-order valence-electron chi connectivity index (χ0n) is 15.5. The van der Waals surface area contributed by atoms with E-state index >= 15 is 0 Å². The fraction of sp³-hybridized carbons (Fsp3) is 0.0952. The maximum atomic E-state index is 12.6. The van der Waals surface area contributed by atoms with Gasteiger partial charge < -0.3 is 15.8 Å². The van der Waals surface area contributed by atoms with Gasteiger partial charge in [-0.3, -0.25) is 4.90 Å². The highest BCUT2D eigenvalue weighted by atomic mass is 16.5. The van der Waals surface area contributed by atoms with Crippen LogP contribution in [0.15, 0.2) is 72.9 Å². The van der Waals surface area contributed by atoms with Gasteiger partial charge in [0.1, 0.15) is 17.3 Å². The number of benzene rings is 2. The molecule has 0 radical (unpaired) electrons. The molecule has 2 aromatic carbocycles. The van der Waals surface area contributed by atoms with Crippen molar-refractivity contribution >= 4 is 29.3 Å². The lowest BCUT2D eigenvalue weighted by Gasteiger charge is -2.18. The minimum absolute atomic E-state index is 0.324. The van der Waals surface area contributed by atoms with Crippen LogP contribution in [0.3, 0.4) is 0 Å². The van der Waals surface area contributed by atoms with E-state index in [1.165, 1.54) is 4.90 Å². The summed E-state index contributed by atoms with van der Waals surface area (Å²) in [6.45, 7) is 0.780. The number of nitrogens with one attached hydrogen (secondary N) is 1. The van der Waals surface area contributed by atoms with Crippen molar-refractivity contribution in [3.63, 3.8) is 0 Å². The maximum Gasteiger partial charge on any atom is 0.332 e. The van der Waals surface area contributed by atoms with Crippen molar-refractivity contribution in [2.45, 2.75) is 0 Å². The summed E-state index contributed by atoms with van der Waals surface area (Å²) >= 11 is 0. The van der Waals surface area contributed by atoms with Crippen LogP contribution in [0.1, 0.15) is 0 Å². The second-order valence-electron chi connectivity index (χ2n) is 6.39. The van der Waals surface area contributed by atoms with Gasteiger partial charge in [0.2, 0.25) is 0 Å². The Labute approximate surface area is 167 Å². The number of nitrogen functional groups attached to an aromatic ring is 1. The molecule has 3 aromatic rings. The number of anilines is 3. The van der Waals surface area contributed by atoms with Crippen molar-refractivity contribution in [3.05, 3.63) is 72.9 Å². The number of hydrogen-bond acceptors (Lipinski definition) is 5. The van der Waals surface area contributed by atoms with E-state index in [0.29, 0.717) is 36.1 Å². The summed E-state index contributed by atoms with van der Waals surface area (Å²) in [6, 6.07) is 18.6. The third-order valence-corrected chi connectivity index (χ3v) is 4.42. The lowest BCUT2D eigenvalue weighted by molar-refractivity contribution is 0.209. The molecule has 2 heterocycles. The zero-order valence-corrected chi connectivity index (χ0v) is 15.5. The Kier molecular flexibility index (Phi) is 4.98. The molecule has 0 bridgehead atoms. The van der Waals surface area contributed by atoms with E-state index in [9.17, 15) is 9.59 Å². The predicted octanol–water partition coefficient (Wildman–Crippen LogP) is 3.93. The molecule has 146 valence electrons. The van der Waals surface area contributed by atoms with Gasteiger partial charge in [-0.25, -0.2) is 19.5 Å². The highest BCUT2D eigenvalue weighted by Crippen LogP contribution is 2.24. The summed E-state index contributed by atoms with van der Waals surface area (Å²) in [5.74, 6) is 1.52. The van der Waals surface area contributed by atoms with E-state index < -0.39 is 6.03 Å². The van der Waals surface area contributed by atoms with Crippen molar-refractivity contribution in [1.29, 1.82) is 0 Å². The van der Waals surface area contributed by atoms with E-state index in [4.69, 9.17) is 10.5 Å². The first-order chi connectivity index (χ1) is 14.1. The third kappa shape index (κ3) is 4.11. The molecule has 1 aliphatic rings. The molecule has 8 nitrogen and oxygen atoms in total. The monoisotopic (exact) mass is 389 g/mol. The fourth-order valence-corrected chi connectivity index (χ4v) is 3.00. The quantitative estimate of drug-likeness (QED) is 0.704.